The molecule has 3 aromatic rings. The zero-order valence-electron chi connectivity index (χ0n) is 15.5. The minimum atomic E-state index is -0.498. The molecule has 0 aliphatic carbocycles. The van der Waals surface area contributed by atoms with E-state index in [1.165, 1.54) is 23.1 Å². The monoisotopic (exact) mass is 433 g/mol. The van der Waals surface area contributed by atoms with Crippen molar-refractivity contribution in [3.8, 4) is 11.3 Å². The first-order valence-electron chi connectivity index (χ1n) is 8.71. The van der Waals surface area contributed by atoms with E-state index in [0.717, 1.165) is 5.56 Å². The number of aryl methyl sites for hydroxylation is 1. The first-order valence-corrected chi connectivity index (χ1v) is 9.46. The van der Waals surface area contributed by atoms with E-state index in [0.29, 0.717) is 33.7 Å². The quantitative estimate of drug-likeness (QED) is 0.379. The Hall–Kier alpha value is -2.90. The smallest absolute Gasteiger partial charge is 0.269 e. The summed E-state index contributed by atoms with van der Waals surface area (Å²) in [4.78, 5) is 28.5. The molecule has 1 aromatic heterocycles. The van der Waals surface area contributed by atoms with Crippen molar-refractivity contribution >= 4 is 34.8 Å². The third-order valence-corrected chi connectivity index (χ3v) is 4.93. The van der Waals surface area contributed by atoms with E-state index in [2.05, 4.69) is 4.98 Å². The van der Waals surface area contributed by atoms with E-state index in [-0.39, 0.29) is 24.6 Å². The lowest BCUT2D eigenvalue weighted by atomic mass is 10.2. The summed E-state index contributed by atoms with van der Waals surface area (Å²) in [5, 5.41) is 11.9. The van der Waals surface area contributed by atoms with Gasteiger partial charge in [0.1, 0.15) is 0 Å². The summed E-state index contributed by atoms with van der Waals surface area (Å²) in [6.07, 6.45) is 2.12. The minimum absolute atomic E-state index is 0.0697. The van der Waals surface area contributed by atoms with Crippen LogP contribution in [0.1, 0.15) is 17.9 Å². The fourth-order valence-electron chi connectivity index (χ4n) is 2.72. The highest BCUT2D eigenvalue weighted by Gasteiger charge is 2.16. The number of nitrogens with zero attached hydrogens (tertiary/aromatic N) is 3. The number of carbonyl (C=O) groups excluding carboxylic acids is 1. The van der Waals surface area contributed by atoms with Crippen molar-refractivity contribution in [3.63, 3.8) is 0 Å². The second-order valence-corrected chi connectivity index (χ2v) is 7.25. The van der Waals surface area contributed by atoms with Gasteiger partial charge in [0.05, 0.1) is 11.1 Å². The summed E-state index contributed by atoms with van der Waals surface area (Å²) < 4.78 is 5.70. The lowest BCUT2D eigenvalue weighted by Gasteiger charge is -2.17. The van der Waals surface area contributed by atoms with E-state index < -0.39 is 4.92 Å². The molecule has 150 valence electrons. The van der Waals surface area contributed by atoms with Gasteiger partial charge in [-0.2, -0.15) is 0 Å². The zero-order valence-corrected chi connectivity index (χ0v) is 17.0. The van der Waals surface area contributed by atoms with Crippen LogP contribution in [0.2, 0.25) is 10.0 Å². The van der Waals surface area contributed by atoms with E-state index in [9.17, 15) is 14.9 Å². The van der Waals surface area contributed by atoms with Crippen LogP contribution in [-0.4, -0.2) is 27.8 Å². The van der Waals surface area contributed by atoms with Crippen molar-refractivity contribution in [2.75, 3.05) is 7.05 Å². The molecule has 0 fully saturated rings. The second-order valence-electron chi connectivity index (χ2n) is 6.41. The van der Waals surface area contributed by atoms with Gasteiger partial charge in [-0.05, 0) is 35.9 Å². The average molecular weight is 434 g/mol. The van der Waals surface area contributed by atoms with Crippen LogP contribution >= 0.6 is 23.2 Å². The maximum absolute atomic E-state index is 12.4. The van der Waals surface area contributed by atoms with Crippen LogP contribution in [0.3, 0.4) is 0 Å². The van der Waals surface area contributed by atoms with E-state index in [1.54, 1.807) is 25.4 Å². The van der Waals surface area contributed by atoms with Crippen LogP contribution in [0.15, 0.2) is 53.1 Å². The number of carbonyl (C=O) groups is 1. The maximum Gasteiger partial charge on any atom is 0.269 e. The normalized spacial score (nSPS) is 10.7. The van der Waals surface area contributed by atoms with Gasteiger partial charge < -0.3 is 9.32 Å². The molecular formula is C20H17Cl2N3O4. The number of hydrogen-bond acceptors (Lipinski definition) is 5. The number of halogens is 2. The zero-order chi connectivity index (χ0) is 21.0. The molecule has 0 atom stereocenters. The third-order valence-electron chi connectivity index (χ3n) is 4.31. The van der Waals surface area contributed by atoms with Gasteiger partial charge in [-0.3, -0.25) is 14.9 Å². The number of nitro benzene ring substituents is 1. The van der Waals surface area contributed by atoms with E-state index in [1.807, 2.05) is 12.1 Å². The van der Waals surface area contributed by atoms with Crippen molar-refractivity contribution in [2.45, 2.75) is 19.4 Å². The fourth-order valence-corrected chi connectivity index (χ4v) is 3.02. The predicted octanol–water partition coefficient (Wildman–Crippen LogP) is 5.15. The van der Waals surface area contributed by atoms with Gasteiger partial charge in [-0.1, -0.05) is 23.2 Å². The van der Waals surface area contributed by atoms with Crippen molar-refractivity contribution in [3.05, 3.63) is 80.3 Å². The second kappa shape index (κ2) is 9.07. The largest absolute Gasteiger partial charge is 0.441 e. The molecule has 3 rings (SSSR count). The van der Waals surface area contributed by atoms with Gasteiger partial charge in [0.15, 0.2) is 11.7 Å². The van der Waals surface area contributed by atoms with Gasteiger partial charge >= 0.3 is 0 Å². The Morgan fingerprint density at radius 3 is 2.62 bits per heavy atom. The van der Waals surface area contributed by atoms with E-state index >= 15 is 0 Å². The predicted molar refractivity (Wildman–Crippen MR) is 110 cm³/mol. The Labute approximate surface area is 177 Å². The van der Waals surface area contributed by atoms with Crippen molar-refractivity contribution in [1.82, 2.24) is 9.88 Å². The Balaban J connectivity index is 1.59. The average Bonchev–Trinajstić information content (AvgIpc) is 3.17. The summed E-state index contributed by atoms with van der Waals surface area (Å²) >= 11 is 12.0. The van der Waals surface area contributed by atoms with E-state index in [4.69, 9.17) is 27.6 Å². The van der Waals surface area contributed by atoms with Crippen molar-refractivity contribution in [1.29, 1.82) is 0 Å². The molecule has 0 spiro atoms. The Morgan fingerprint density at radius 2 is 1.93 bits per heavy atom. The molecule has 2 aromatic carbocycles. The number of amides is 1. The highest BCUT2D eigenvalue weighted by atomic mass is 35.5. The molecule has 0 aliphatic heterocycles. The number of rotatable bonds is 7. The standard InChI is InChI=1S/C20H17Cl2N3O4/c1-24(12-14-10-16(25(27)28)6-7-17(14)22)20(26)9-8-19-23-11-18(29-19)13-2-4-15(21)5-3-13/h2-7,10-11H,8-9,12H2,1H3. The summed E-state index contributed by atoms with van der Waals surface area (Å²) in [6, 6.07) is 11.3. The molecule has 0 radical (unpaired) electrons. The number of aromatic nitrogens is 1. The van der Waals surface area contributed by atoms with Gasteiger partial charge in [-0.25, -0.2) is 4.98 Å². The van der Waals surface area contributed by atoms with Gasteiger partial charge in [0, 0.05) is 54.2 Å². The Kier molecular flexibility index (Phi) is 6.51. The Bertz CT molecular complexity index is 1030. The minimum Gasteiger partial charge on any atom is -0.441 e. The van der Waals surface area contributed by atoms with Gasteiger partial charge in [0.25, 0.3) is 5.69 Å². The molecule has 1 heterocycles. The molecule has 1 amide bonds. The van der Waals surface area contributed by atoms with Crippen LogP contribution in [0, 0.1) is 10.1 Å². The van der Waals surface area contributed by atoms with Crippen LogP contribution in [0.25, 0.3) is 11.3 Å². The molecule has 0 saturated heterocycles. The molecule has 0 N–H and O–H groups in total. The first kappa shape index (κ1) is 20.8. The molecule has 0 unspecified atom stereocenters. The highest BCUT2D eigenvalue weighted by Crippen LogP contribution is 2.24. The number of benzene rings is 2. The molecule has 7 nitrogen and oxygen atoms in total. The SMILES string of the molecule is CN(Cc1cc([N+](=O)[O-])ccc1Cl)C(=O)CCc1ncc(-c2ccc(Cl)cc2)o1. The summed E-state index contributed by atoms with van der Waals surface area (Å²) in [5.41, 5.74) is 1.29. The topological polar surface area (TPSA) is 89.5 Å². The molecular weight excluding hydrogens is 417 g/mol. The number of oxazole rings is 1. The van der Waals surface area contributed by atoms with Crippen LogP contribution < -0.4 is 0 Å². The molecule has 9 heteroatoms. The van der Waals surface area contributed by atoms with Gasteiger partial charge in [0.2, 0.25) is 5.91 Å². The summed E-state index contributed by atoms with van der Waals surface area (Å²) in [7, 11) is 1.62. The molecule has 29 heavy (non-hydrogen) atoms. The van der Waals surface area contributed by atoms with Crippen LogP contribution in [-0.2, 0) is 17.8 Å². The molecule has 0 bridgehead atoms. The molecule has 0 aliphatic rings. The Morgan fingerprint density at radius 1 is 1.21 bits per heavy atom. The van der Waals surface area contributed by atoms with Crippen LogP contribution in [0.4, 0.5) is 5.69 Å². The molecule has 0 saturated carbocycles. The summed E-state index contributed by atoms with van der Waals surface area (Å²) in [6.45, 7) is 0.168. The first-order chi connectivity index (χ1) is 13.8. The lowest BCUT2D eigenvalue weighted by Crippen LogP contribution is -2.26. The van der Waals surface area contributed by atoms with Gasteiger partial charge in [-0.15, -0.1) is 0 Å². The lowest BCUT2D eigenvalue weighted by molar-refractivity contribution is -0.384. The number of nitro groups is 1. The fraction of sp³-hybridized carbons (Fsp3) is 0.200. The van der Waals surface area contributed by atoms with Crippen LogP contribution in [0.5, 0.6) is 0 Å². The summed E-state index contributed by atoms with van der Waals surface area (Å²) in [5.74, 6) is 0.893. The highest BCUT2D eigenvalue weighted by molar-refractivity contribution is 6.31. The van der Waals surface area contributed by atoms with Crippen molar-refractivity contribution < 1.29 is 14.1 Å². The number of hydrogen-bond donors (Lipinski definition) is 0. The third kappa shape index (κ3) is 5.34. The maximum atomic E-state index is 12.4. The number of non-ortho nitro benzene ring substituents is 1. The van der Waals surface area contributed by atoms with Crippen molar-refractivity contribution in [2.24, 2.45) is 0 Å².